The number of hydrogen-bond donors (Lipinski definition) is 1. The van der Waals surface area contributed by atoms with Gasteiger partial charge in [0.25, 0.3) is 0 Å². The van der Waals surface area contributed by atoms with Crippen LogP contribution < -0.4 is 10.5 Å². The Morgan fingerprint density at radius 2 is 1.79 bits per heavy atom. The lowest BCUT2D eigenvalue weighted by Crippen LogP contribution is -2.42. The van der Waals surface area contributed by atoms with Crippen LogP contribution in [0, 0.1) is 0 Å². The van der Waals surface area contributed by atoms with Crippen molar-refractivity contribution in [3.8, 4) is 5.75 Å². The molecule has 0 bridgehead atoms. The lowest BCUT2D eigenvalue weighted by atomic mass is 10.2. The second-order valence-corrected chi connectivity index (χ2v) is 4.61. The fourth-order valence-electron chi connectivity index (χ4n) is 1.34. The maximum absolute atomic E-state index is 12.7. The summed E-state index contributed by atoms with van der Waals surface area (Å²) in [5, 5.41) is 3.97. The highest BCUT2D eigenvalue weighted by Gasteiger charge is 2.43. The number of carbonyl (C=O) groups excluding carboxylic acids is 2. The Balaban J connectivity index is 2.86. The molecule has 4 amide bonds. The van der Waals surface area contributed by atoms with Crippen LogP contribution in [0.25, 0.3) is 0 Å². The summed E-state index contributed by atoms with van der Waals surface area (Å²) in [5.41, 5.74) is 5.29. The summed E-state index contributed by atoms with van der Waals surface area (Å²) in [6, 6.07) is 2.50. The van der Waals surface area contributed by atoms with Crippen LogP contribution in [0.4, 0.5) is 27.2 Å². The molecular formula is C13H14F4N4O3. The van der Waals surface area contributed by atoms with E-state index in [1.165, 1.54) is 26.2 Å². The van der Waals surface area contributed by atoms with Crippen LogP contribution in [0.3, 0.4) is 0 Å². The number of halogens is 4. The number of ether oxygens (including phenoxy) is 1. The number of hydrazone groups is 1. The third kappa shape index (κ3) is 5.11. The third-order valence-electron chi connectivity index (χ3n) is 2.48. The van der Waals surface area contributed by atoms with Crippen molar-refractivity contribution < 1.29 is 31.9 Å². The maximum atomic E-state index is 12.7. The van der Waals surface area contributed by atoms with Crippen molar-refractivity contribution in [2.45, 2.75) is 12.5 Å². The molecule has 0 aliphatic rings. The summed E-state index contributed by atoms with van der Waals surface area (Å²) in [7, 11) is 2.76. The molecular weight excluding hydrogens is 336 g/mol. The number of nitrogens with zero attached hydrogens (tertiary/aromatic N) is 3. The molecule has 0 aliphatic heterocycles. The van der Waals surface area contributed by atoms with E-state index in [4.69, 9.17) is 5.73 Å². The number of primary amides is 1. The molecule has 0 aliphatic carbocycles. The van der Waals surface area contributed by atoms with Crippen molar-refractivity contribution in [1.29, 1.82) is 0 Å². The first-order chi connectivity index (χ1) is 11.0. The van der Waals surface area contributed by atoms with Crippen LogP contribution in [0.2, 0.25) is 0 Å². The maximum Gasteiger partial charge on any atom is 0.461 e. The van der Waals surface area contributed by atoms with Gasteiger partial charge in [0.1, 0.15) is 5.75 Å². The zero-order valence-corrected chi connectivity index (χ0v) is 12.6. The van der Waals surface area contributed by atoms with E-state index < -0.39 is 30.3 Å². The van der Waals surface area contributed by atoms with E-state index in [9.17, 15) is 27.2 Å². The van der Waals surface area contributed by atoms with Crippen molar-refractivity contribution in [3.05, 3.63) is 29.8 Å². The molecule has 7 nitrogen and oxygen atoms in total. The van der Waals surface area contributed by atoms with Crippen molar-refractivity contribution in [3.63, 3.8) is 0 Å². The molecule has 0 saturated carbocycles. The first-order valence-corrected chi connectivity index (χ1v) is 6.34. The number of amides is 4. The number of rotatable bonds is 5. The van der Waals surface area contributed by atoms with E-state index in [0.717, 1.165) is 23.2 Å². The third-order valence-corrected chi connectivity index (χ3v) is 2.48. The van der Waals surface area contributed by atoms with Gasteiger partial charge in [-0.1, -0.05) is 0 Å². The normalized spacial score (nSPS) is 11.6. The topological polar surface area (TPSA) is 88.2 Å². The summed E-state index contributed by atoms with van der Waals surface area (Å²) >= 11 is 0. The Kier molecular flexibility index (Phi) is 6.09. The molecule has 0 saturated heterocycles. The van der Waals surface area contributed by atoms with E-state index in [0.29, 0.717) is 5.01 Å². The van der Waals surface area contributed by atoms with Crippen LogP contribution in [0.15, 0.2) is 29.4 Å². The smallest absolute Gasteiger partial charge is 0.428 e. The Hall–Kier alpha value is -2.85. The molecule has 24 heavy (non-hydrogen) atoms. The van der Waals surface area contributed by atoms with E-state index >= 15 is 0 Å². The second-order valence-electron chi connectivity index (χ2n) is 4.61. The molecule has 1 aromatic carbocycles. The van der Waals surface area contributed by atoms with Gasteiger partial charge in [0, 0.05) is 14.1 Å². The van der Waals surface area contributed by atoms with Crippen molar-refractivity contribution in [2.75, 3.05) is 14.1 Å². The summed E-state index contributed by atoms with van der Waals surface area (Å²) in [4.78, 5) is 23.9. The Morgan fingerprint density at radius 3 is 2.21 bits per heavy atom. The van der Waals surface area contributed by atoms with Gasteiger partial charge in [-0.05, 0) is 29.8 Å². The molecule has 0 unspecified atom stereocenters. The highest BCUT2D eigenvalue weighted by atomic mass is 19.3. The average molecular weight is 350 g/mol. The van der Waals surface area contributed by atoms with E-state index in [1.807, 2.05) is 0 Å². The largest absolute Gasteiger partial charge is 0.461 e. The van der Waals surface area contributed by atoms with Gasteiger partial charge in [-0.3, -0.25) is 0 Å². The van der Waals surface area contributed by atoms with Gasteiger partial charge >= 0.3 is 24.6 Å². The van der Waals surface area contributed by atoms with Crippen LogP contribution in [0.5, 0.6) is 5.75 Å². The Bertz CT molecular complexity index is 620. The second kappa shape index (κ2) is 7.62. The van der Waals surface area contributed by atoms with Crippen LogP contribution in [0.1, 0.15) is 5.56 Å². The van der Waals surface area contributed by atoms with Crippen LogP contribution >= 0.6 is 0 Å². The molecule has 0 spiro atoms. The molecule has 0 fully saturated rings. The molecule has 1 rings (SSSR count). The summed E-state index contributed by atoms with van der Waals surface area (Å²) in [6.07, 6.45) is -7.53. The molecule has 11 heteroatoms. The zero-order valence-electron chi connectivity index (χ0n) is 12.6. The van der Waals surface area contributed by atoms with Gasteiger partial charge < -0.3 is 15.4 Å². The van der Waals surface area contributed by atoms with E-state index in [1.54, 1.807) is 0 Å². The fraction of sp³-hybridized carbons (Fsp3) is 0.308. The monoisotopic (exact) mass is 350 g/mol. The van der Waals surface area contributed by atoms with Gasteiger partial charge in [0.2, 0.25) is 0 Å². The lowest BCUT2D eigenvalue weighted by molar-refractivity contribution is -0.253. The summed E-state index contributed by atoms with van der Waals surface area (Å²) in [5.74, 6) is -0.492. The van der Waals surface area contributed by atoms with Gasteiger partial charge in [-0.15, -0.1) is 5.01 Å². The zero-order chi connectivity index (χ0) is 18.5. The van der Waals surface area contributed by atoms with E-state index in [2.05, 4.69) is 9.84 Å². The minimum absolute atomic E-state index is 0.278. The number of benzene rings is 1. The predicted molar refractivity (Wildman–Crippen MR) is 76.1 cm³/mol. The SMILES string of the molecule is CN(C)C(=O)N(N=Cc1ccc(OC(F)(F)C(F)F)cc1)C(N)=O. The minimum atomic E-state index is -4.61. The Morgan fingerprint density at radius 1 is 1.25 bits per heavy atom. The number of alkyl halides is 4. The van der Waals surface area contributed by atoms with Gasteiger partial charge in [0.05, 0.1) is 6.21 Å². The Labute approximate surface area is 134 Å². The quantitative estimate of drug-likeness (QED) is 0.502. The lowest BCUT2D eigenvalue weighted by Gasteiger charge is -2.17. The average Bonchev–Trinajstić information content (AvgIpc) is 2.48. The molecule has 132 valence electrons. The molecule has 0 atom stereocenters. The first kappa shape index (κ1) is 19.2. The number of urea groups is 2. The standard InChI is InChI=1S/C13H14F4N4O3/c1-20(2)12(23)21(11(18)22)19-7-8-3-5-9(6-4-8)24-13(16,17)10(14)15/h3-7,10H,1-2H3,(H2,18,22). The van der Waals surface area contributed by atoms with Crippen molar-refractivity contribution in [1.82, 2.24) is 9.91 Å². The minimum Gasteiger partial charge on any atom is -0.428 e. The van der Waals surface area contributed by atoms with Gasteiger partial charge in [0.15, 0.2) is 0 Å². The van der Waals surface area contributed by atoms with Crippen LogP contribution in [-0.4, -0.2) is 54.8 Å². The first-order valence-electron chi connectivity index (χ1n) is 6.34. The van der Waals surface area contributed by atoms with Crippen LogP contribution in [-0.2, 0) is 0 Å². The summed E-state index contributed by atoms with van der Waals surface area (Å²) < 4.78 is 53.4. The summed E-state index contributed by atoms with van der Waals surface area (Å²) in [6.45, 7) is 0. The van der Waals surface area contributed by atoms with Gasteiger partial charge in [-0.25, -0.2) is 9.59 Å². The van der Waals surface area contributed by atoms with E-state index in [-0.39, 0.29) is 5.56 Å². The highest BCUT2D eigenvalue weighted by molar-refractivity contribution is 5.94. The number of imide groups is 1. The van der Waals surface area contributed by atoms with Crippen molar-refractivity contribution in [2.24, 2.45) is 10.8 Å². The molecule has 0 radical (unpaired) electrons. The van der Waals surface area contributed by atoms with Crippen molar-refractivity contribution >= 4 is 18.3 Å². The number of carbonyl (C=O) groups is 2. The predicted octanol–water partition coefficient (Wildman–Crippen LogP) is 2.32. The fourth-order valence-corrected chi connectivity index (χ4v) is 1.34. The highest BCUT2D eigenvalue weighted by Crippen LogP contribution is 2.27. The molecule has 0 aromatic heterocycles. The van der Waals surface area contributed by atoms with Gasteiger partial charge in [-0.2, -0.15) is 22.7 Å². The molecule has 1 aromatic rings. The molecule has 0 heterocycles. The molecule has 2 N–H and O–H groups in total. The number of nitrogens with two attached hydrogens (primary N) is 1. The number of hydrogen-bond acceptors (Lipinski definition) is 4.